The van der Waals surface area contributed by atoms with E-state index in [2.05, 4.69) is 15.9 Å². The van der Waals surface area contributed by atoms with Crippen molar-refractivity contribution in [2.45, 2.75) is 48.7 Å². The fourth-order valence-corrected chi connectivity index (χ4v) is 2.52. The van der Waals surface area contributed by atoms with Gasteiger partial charge in [0, 0.05) is 18.6 Å². The van der Waals surface area contributed by atoms with Crippen LogP contribution in [-0.2, 0) is 0 Å². The third-order valence-electron chi connectivity index (χ3n) is 3.19. The van der Waals surface area contributed by atoms with Crippen molar-refractivity contribution in [2.24, 2.45) is 0 Å². The van der Waals surface area contributed by atoms with Gasteiger partial charge in [-0.2, -0.15) is 8.78 Å². The lowest BCUT2D eigenvalue weighted by Crippen LogP contribution is -2.46. The molecule has 2 rings (SSSR count). The van der Waals surface area contributed by atoms with E-state index in [-0.39, 0.29) is 19.0 Å². The number of nitrogens with zero attached hydrogens (tertiary/aromatic N) is 1. The Bertz CT molecular complexity index is 241. The summed E-state index contributed by atoms with van der Waals surface area (Å²) in [6, 6.07) is 0.477. The summed E-state index contributed by atoms with van der Waals surface area (Å²) in [7, 11) is 0. The maximum Gasteiger partial charge on any atom is 0.330 e. The fraction of sp³-hybridized carbons (Fsp3) is 1.00. The smallest absolute Gasteiger partial charge is 0.330 e. The van der Waals surface area contributed by atoms with Gasteiger partial charge in [-0.05, 0) is 42.1 Å². The van der Waals surface area contributed by atoms with E-state index >= 15 is 0 Å². The summed E-state index contributed by atoms with van der Waals surface area (Å²) in [5, 5.41) is 9.81. The molecule has 0 bridgehead atoms. The van der Waals surface area contributed by atoms with Gasteiger partial charge in [-0.3, -0.25) is 4.90 Å². The van der Waals surface area contributed by atoms with Gasteiger partial charge in [0.15, 0.2) is 5.60 Å². The molecule has 0 aromatic rings. The SMILES string of the molecule is CC1CC(O)(C(F)(F)Br)CN1C1CC1. The second-order valence-electron chi connectivity index (χ2n) is 4.49. The molecule has 1 aliphatic carbocycles. The Hall–Kier alpha value is 0.260. The summed E-state index contributed by atoms with van der Waals surface area (Å²) >= 11 is 2.28. The van der Waals surface area contributed by atoms with Gasteiger partial charge in [-0.15, -0.1) is 0 Å². The maximum atomic E-state index is 13.1. The second kappa shape index (κ2) is 3.12. The molecular formula is C9H14BrF2NO. The first kappa shape index (κ1) is 10.8. The monoisotopic (exact) mass is 269 g/mol. The summed E-state index contributed by atoms with van der Waals surface area (Å²) in [6.07, 6.45) is 2.30. The summed E-state index contributed by atoms with van der Waals surface area (Å²) < 4.78 is 26.2. The molecule has 2 fully saturated rings. The van der Waals surface area contributed by atoms with Crippen molar-refractivity contribution >= 4 is 15.9 Å². The number of hydrogen-bond donors (Lipinski definition) is 1. The van der Waals surface area contributed by atoms with Gasteiger partial charge < -0.3 is 5.11 Å². The summed E-state index contributed by atoms with van der Waals surface area (Å²) in [6.45, 7) is 1.98. The van der Waals surface area contributed by atoms with E-state index in [4.69, 9.17) is 0 Å². The minimum absolute atomic E-state index is 0.0518. The van der Waals surface area contributed by atoms with Crippen molar-refractivity contribution in [1.29, 1.82) is 0 Å². The minimum Gasteiger partial charge on any atom is -0.381 e. The molecule has 0 amide bonds. The Morgan fingerprint density at radius 2 is 2.07 bits per heavy atom. The topological polar surface area (TPSA) is 23.5 Å². The molecule has 2 atom stereocenters. The Morgan fingerprint density at radius 1 is 1.50 bits per heavy atom. The normalized spacial score (nSPS) is 40.5. The van der Waals surface area contributed by atoms with Crippen molar-refractivity contribution in [3.05, 3.63) is 0 Å². The van der Waals surface area contributed by atoms with Gasteiger partial charge in [0.05, 0.1) is 0 Å². The van der Waals surface area contributed by atoms with Crippen LogP contribution in [0.2, 0.25) is 0 Å². The zero-order chi connectivity index (χ0) is 10.6. The summed E-state index contributed by atoms with van der Waals surface area (Å²) in [4.78, 5) is -1.19. The van der Waals surface area contributed by atoms with Crippen LogP contribution in [0, 0.1) is 0 Å². The number of alkyl halides is 3. The zero-order valence-corrected chi connectivity index (χ0v) is 9.60. The van der Waals surface area contributed by atoms with E-state index < -0.39 is 10.4 Å². The van der Waals surface area contributed by atoms with E-state index in [9.17, 15) is 13.9 Å². The predicted molar refractivity (Wildman–Crippen MR) is 52.6 cm³/mol. The second-order valence-corrected chi connectivity index (χ2v) is 5.48. The molecule has 2 aliphatic rings. The highest BCUT2D eigenvalue weighted by atomic mass is 79.9. The molecule has 82 valence electrons. The summed E-state index contributed by atoms with van der Waals surface area (Å²) in [5.41, 5.74) is -1.89. The van der Waals surface area contributed by atoms with Crippen LogP contribution < -0.4 is 0 Å². The number of likely N-dealkylation sites (tertiary alicyclic amines) is 1. The van der Waals surface area contributed by atoms with Crippen molar-refractivity contribution in [2.75, 3.05) is 6.54 Å². The van der Waals surface area contributed by atoms with Crippen LogP contribution in [0.4, 0.5) is 8.78 Å². The first-order chi connectivity index (χ1) is 6.33. The molecule has 14 heavy (non-hydrogen) atoms. The van der Waals surface area contributed by atoms with Crippen molar-refractivity contribution in [1.82, 2.24) is 4.90 Å². The minimum atomic E-state index is -3.18. The van der Waals surface area contributed by atoms with Crippen LogP contribution in [-0.4, -0.2) is 39.1 Å². The first-order valence-corrected chi connectivity index (χ1v) is 5.68. The first-order valence-electron chi connectivity index (χ1n) is 4.88. The van der Waals surface area contributed by atoms with E-state index in [1.54, 1.807) is 0 Å². The van der Waals surface area contributed by atoms with Gasteiger partial charge in [0.2, 0.25) is 0 Å². The summed E-state index contributed by atoms with van der Waals surface area (Å²) in [5.74, 6) is 0. The highest BCUT2D eigenvalue weighted by molar-refractivity contribution is 9.10. The molecule has 5 heteroatoms. The van der Waals surface area contributed by atoms with Crippen LogP contribution in [0.3, 0.4) is 0 Å². The Morgan fingerprint density at radius 3 is 2.43 bits per heavy atom. The largest absolute Gasteiger partial charge is 0.381 e. The Labute approximate surface area is 90.4 Å². The number of hydrogen-bond acceptors (Lipinski definition) is 2. The quantitative estimate of drug-likeness (QED) is 0.775. The fourth-order valence-electron chi connectivity index (χ4n) is 2.23. The van der Waals surface area contributed by atoms with Crippen LogP contribution in [0.15, 0.2) is 0 Å². The maximum absolute atomic E-state index is 13.1. The van der Waals surface area contributed by atoms with Gasteiger partial charge in [-0.25, -0.2) is 0 Å². The molecule has 1 N–H and O–H groups in total. The van der Waals surface area contributed by atoms with E-state index in [1.165, 1.54) is 0 Å². The lowest BCUT2D eigenvalue weighted by molar-refractivity contribution is -0.107. The predicted octanol–water partition coefficient (Wildman–Crippen LogP) is 1.96. The molecule has 0 aromatic carbocycles. The van der Waals surface area contributed by atoms with Gasteiger partial charge >= 0.3 is 4.83 Å². The average Bonchev–Trinajstić information content (AvgIpc) is 2.77. The number of halogens is 3. The van der Waals surface area contributed by atoms with Crippen LogP contribution in [0.1, 0.15) is 26.2 Å². The number of β-amino-alcohol motifs (C(OH)–C–C–N with tert-alkyl or cyclic N) is 1. The van der Waals surface area contributed by atoms with E-state index in [0.717, 1.165) is 12.8 Å². The lowest BCUT2D eigenvalue weighted by Gasteiger charge is -2.27. The van der Waals surface area contributed by atoms with Crippen LogP contribution >= 0.6 is 15.9 Å². The van der Waals surface area contributed by atoms with Crippen LogP contribution in [0.25, 0.3) is 0 Å². The molecule has 1 saturated carbocycles. The third kappa shape index (κ3) is 1.70. The lowest BCUT2D eigenvalue weighted by atomic mass is 10.0. The molecular weight excluding hydrogens is 256 g/mol. The van der Waals surface area contributed by atoms with Crippen molar-refractivity contribution in [3.8, 4) is 0 Å². The number of rotatable bonds is 2. The van der Waals surface area contributed by atoms with E-state index in [1.807, 2.05) is 11.8 Å². The van der Waals surface area contributed by atoms with Gasteiger partial charge in [0.25, 0.3) is 0 Å². The highest BCUT2D eigenvalue weighted by Gasteiger charge is 2.58. The molecule has 1 saturated heterocycles. The zero-order valence-electron chi connectivity index (χ0n) is 8.01. The Balaban J connectivity index is 2.10. The van der Waals surface area contributed by atoms with Crippen LogP contribution in [0.5, 0.6) is 0 Å². The molecule has 2 nitrogen and oxygen atoms in total. The van der Waals surface area contributed by atoms with Crippen molar-refractivity contribution in [3.63, 3.8) is 0 Å². The molecule has 0 aromatic heterocycles. The average molecular weight is 270 g/mol. The standard InChI is InChI=1S/C9H14BrF2NO/c1-6-4-8(14,9(10,11)12)5-13(6)7-2-3-7/h6-7,14H,2-5H2,1H3. The Kier molecular flexibility index (Phi) is 2.40. The van der Waals surface area contributed by atoms with Gasteiger partial charge in [-0.1, -0.05) is 0 Å². The van der Waals surface area contributed by atoms with E-state index in [0.29, 0.717) is 6.04 Å². The van der Waals surface area contributed by atoms with Crippen molar-refractivity contribution < 1.29 is 13.9 Å². The molecule has 2 unspecified atom stereocenters. The third-order valence-corrected chi connectivity index (χ3v) is 3.93. The highest BCUT2D eigenvalue weighted by Crippen LogP contribution is 2.46. The molecule has 0 radical (unpaired) electrons. The molecule has 1 aliphatic heterocycles. The number of aliphatic hydroxyl groups is 1. The van der Waals surface area contributed by atoms with Gasteiger partial charge in [0.1, 0.15) is 0 Å². The molecule has 1 heterocycles. The molecule has 0 spiro atoms.